The molecule has 3 rings (SSSR count). The van der Waals surface area contributed by atoms with Gasteiger partial charge in [-0.15, -0.1) is 0 Å². The van der Waals surface area contributed by atoms with E-state index in [-0.39, 0.29) is 18.6 Å². The Bertz CT molecular complexity index is 580. The Morgan fingerprint density at radius 3 is 3.15 bits per heavy atom. The molecule has 0 unspecified atom stereocenters. The molecule has 1 aliphatic rings. The first-order valence-electron chi connectivity index (χ1n) is 6.76. The highest BCUT2D eigenvalue weighted by molar-refractivity contribution is 7.22. The van der Waals surface area contributed by atoms with E-state index in [1.807, 2.05) is 29.2 Å². The van der Waals surface area contributed by atoms with Gasteiger partial charge in [0.05, 0.1) is 23.4 Å². The summed E-state index contributed by atoms with van der Waals surface area (Å²) < 4.78 is 1.07. The molecule has 1 atom stereocenters. The van der Waals surface area contributed by atoms with E-state index in [9.17, 15) is 9.90 Å². The van der Waals surface area contributed by atoms with Gasteiger partial charge in [-0.05, 0) is 31.5 Å². The molecule has 1 aliphatic heterocycles. The number of aromatic nitrogens is 1. The van der Waals surface area contributed by atoms with Crippen molar-refractivity contribution < 1.29 is 9.90 Å². The number of thiazole rings is 1. The Labute approximate surface area is 121 Å². The van der Waals surface area contributed by atoms with Gasteiger partial charge in [0.1, 0.15) is 0 Å². The van der Waals surface area contributed by atoms with Crippen LogP contribution in [0.1, 0.15) is 12.8 Å². The fourth-order valence-corrected chi connectivity index (χ4v) is 3.46. The minimum atomic E-state index is -0.0654. The summed E-state index contributed by atoms with van der Waals surface area (Å²) in [4.78, 5) is 18.5. The number of hydrogen-bond donors (Lipinski definition) is 2. The fraction of sp³-hybridized carbons (Fsp3) is 0.429. The molecule has 0 aliphatic carbocycles. The predicted octanol–water partition coefficient (Wildman–Crippen LogP) is 1.69. The highest BCUT2D eigenvalue weighted by Gasteiger charge is 2.25. The number of para-hydroxylation sites is 1. The van der Waals surface area contributed by atoms with Crippen LogP contribution in [-0.4, -0.2) is 46.6 Å². The number of benzene rings is 1. The van der Waals surface area contributed by atoms with Gasteiger partial charge in [-0.3, -0.25) is 9.69 Å². The summed E-state index contributed by atoms with van der Waals surface area (Å²) in [6.07, 6.45) is 2.00. The topological polar surface area (TPSA) is 65.5 Å². The SMILES string of the molecule is O=C(CN1CCC[C@@H]1CO)Nc1nc2ccccc2s1. The van der Waals surface area contributed by atoms with Gasteiger partial charge in [-0.2, -0.15) is 0 Å². The summed E-state index contributed by atoms with van der Waals surface area (Å²) in [6.45, 7) is 1.31. The van der Waals surface area contributed by atoms with Crippen molar-refractivity contribution in [2.24, 2.45) is 0 Å². The van der Waals surface area contributed by atoms with E-state index in [0.29, 0.717) is 11.7 Å². The lowest BCUT2D eigenvalue weighted by atomic mass is 10.2. The zero-order chi connectivity index (χ0) is 13.9. The molecule has 6 heteroatoms. The molecule has 2 N–H and O–H groups in total. The zero-order valence-corrected chi connectivity index (χ0v) is 11.9. The van der Waals surface area contributed by atoms with Crippen molar-refractivity contribution in [2.45, 2.75) is 18.9 Å². The molecule has 0 spiro atoms. The van der Waals surface area contributed by atoms with Crippen molar-refractivity contribution in [3.8, 4) is 0 Å². The van der Waals surface area contributed by atoms with Crippen LogP contribution >= 0.6 is 11.3 Å². The summed E-state index contributed by atoms with van der Waals surface area (Å²) in [5.41, 5.74) is 0.905. The van der Waals surface area contributed by atoms with Gasteiger partial charge in [-0.25, -0.2) is 4.98 Å². The van der Waals surface area contributed by atoms with Crippen LogP contribution < -0.4 is 5.32 Å². The van der Waals surface area contributed by atoms with Gasteiger partial charge in [0, 0.05) is 6.04 Å². The highest BCUT2D eigenvalue weighted by Crippen LogP contribution is 2.25. The molecule has 2 aromatic rings. The van der Waals surface area contributed by atoms with E-state index in [2.05, 4.69) is 10.3 Å². The van der Waals surface area contributed by atoms with Crippen molar-refractivity contribution in [1.82, 2.24) is 9.88 Å². The number of aliphatic hydroxyl groups is 1. The number of amides is 1. The number of hydrogen-bond acceptors (Lipinski definition) is 5. The summed E-state index contributed by atoms with van der Waals surface area (Å²) in [5.74, 6) is -0.0654. The monoisotopic (exact) mass is 291 g/mol. The average molecular weight is 291 g/mol. The summed E-state index contributed by atoms with van der Waals surface area (Å²) in [5, 5.41) is 12.7. The van der Waals surface area contributed by atoms with E-state index in [4.69, 9.17) is 0 Å². The lowest BCUT2D eigenvalue weighted by molar-refractivity contribution is -0.117. The number of carbonyl (C=O) groups excluding carboxylic acids is 1. The molecular weight excluding hydrogens is 274 g/mol. The minimum Gasteiger partial charge on any atom is -0.395 e. The van der Waals surface area contributed by atoms with Crippen molar-refractivity contribution in [2.75, 3.05) is 25.0 Å². The Kier molecular flexibility index (Phi) is 3.95. The molecule has 0 radical (unpaired) electrons. The molecule has 2 heterocycles. The summed E-state index contributed by atoms with van der Waals surface area (Å²) in [7, 11) is 0. The molecule has 1 aromatic carbocycles. The van der Waals surface area contributed by atoms with E-state index in [1.54, 1.807) is 0 Å². The van der Waals surface area contributed by atoms with Crippen LogP contribution in [0.25, 0.3) is 10.2 Å². The largest absolute Gasteiger partial charge is 0.395 e. The smallest absolute Gasteiger partial charge is 0.240 e. The molecule has 1 fully saturated rings. The maximum atomic E-state index is 12.0. The number of likely N-dealkylation sites (tertiary alicyclic amines) is 1. The Morgan fingerprint density at radius 1 is 1.50 bits per heavy atom. The standard InChI is InChI=1S/C14H17N3O2S/c18-9-10-4-3-7-17(10)8-13(19)16-14-15-11-5-1-2-6-12(11)20-14/h1-2,5-6,10,18H,3-4,7-9H2,(H,15,16,19)/t10-/m1/s1. The number of fused-ring (bicyclic) bond motifs is 1. The van der Waals surface area contributed by atoms with Crippen LogP contribution in [0.3, 0.4) is 0 Å². The highest BCUT2D eigenvalue weighted by atomic mass is 32.1. The van der Waals surface area contributed by atoms with Gasteiger partial charge in [0.15, 0.2) is 5.13 Å². The third-order valence-electron chi connectivity index (χ3n) is 3.60. The van der Waals surface area contributed by atoms with Crippen LogP contribution in [0.15, 0.2) is 24.3 Å². The van der Waals surface area contributed by atoms with Crippen LogP contribution in [-0.2, 0) is 4.79 Å². The van der Waals surface area contributed by atoms with Crippen LogP contribution in [0.2, 0.25) is 0 Å². The van der Waals surface area contributed by atoms with Crippen molar-refractivity contribution in [3.63, 3.8) is 0 Å². The molecule has 1 aromatic heterocycles. The molecule has 1 amide bonds. The number of anilines is 1. The normalized spacial score (nSPS) is 19.6. The molecule has 5 nitrogen and oxygen atoms in total. The molecular formula is C14H17N3O2S. The van der Waals surface area contributed by atoms with Gasteiger partial charge in [0.25, 0.3) is 0 Å². The minimum absolute atomic E-state index is 0.0654. The second-order valence-corrected chi connectivity index (χ2v) is 6.01. The third kappa shape index (κ3) is 2.82. The molecule has 20 heavy (non-hydrogen) atoms. The third-order valence-corrected chi connectivity index (χ3v) is 4.55. The second-order valence-electron chi connectivity index (χ2n) is 4.98. The summed E-state index contributed by atoms with van der Waals surface area (Å²) in [6, 6.07) is 7.94. The van der Waals surface area contributed by atoms with Gasteiger partial charge in [-0.1, -0.05) is 23.5 Å². The Hall–Kier alpha value is -1.50. The summed E-state index contributed by atoms with van der Waals surface area (Å²) >= 11 is 1.48. The Balaban J connectivity index is 1.63. The van der Waals surface area contributed by atoms with Gasteiger partial charge >= 0.3 is 0 Å². The second kappa shape index (κ2) is 5.87. The lowest BCUT2D eigenvalue weighted by Gasteiger charge is -2.21. The molecule has 106 valence electrons. The number of aliphatic hydroxyl groups excluding tert-OH is 1. The zero-order valence-electron chi connectivity index (χ0n) is 11.1. The number of carbonyl (C=O) groups is 1. The quantitative estimate of drug-likeness (QED) is 0.899. The molecule has 0 bridgehead atoms. The first-order chi connectivity index (χ1) is 9.76. The van der Waals surface area contributed by atoms with Gasteiger partial charge in [0.2, 0.25) is 5.91 Å². The van der Waals surface area contributed by atoms with Crippen LogP contribution in [0.4, 0.5) is 5.13 Å². The Morgan fingerprint density at radius 2 is 2.35 bits per heavy atom. The van der Waals surface area contributed by atoms with Crippen molar-refractivity contribution in [3.05, 3.63) is 24.3 Å². The van der Waals surface area contributed by atoms with Gasteiger partial charge < -0.3 is 10.4 Å². The van der Waals surface area contributed by atoms with Crippen molar-refractivity contribution >= 4 is 32.6 Å². The van der Waals surface area contributed by atoms with Crippen LogP contribution in [0.5, 0.6) is 0 Å². The predicted molar refractivity (Wildman–Crippen MR) is 79.9 cm³/mol. The van der Waals surface area contributed by atoms with E-state index in [1.165, 1.54) is 11.3 Å². The number of nitrogens with zero attached hydrogens (tertiary/aromatic N) is 2. The lowest BCUT2D eigenvalue weighted by Crippen LogP contribution is -2.38. The first kappa shape index (κ1) is 13.5. The maximum Gasteiger partial charge on any atom is 0.240 e. The molecule has 1 saturated heterocycles. The van der Waals surface area contributed by atoms with Crippen molar-refractivity contribution in [1.29, 1.82) is 0 Å². The average Bonchev–Trinajstić information content (AvgIpc) is 3.03. The number of nitrogens with one attached hydrogen (secondary N) is 1. The van der Waals surface area contributed by atoms with E-state index < -0.39 is 0 Å². The fourth-order valence-electron chi connectivity index (χ4n) is 2.58. The van der Waals surface area contributed by atoms with E-state index >= 15 is 0 Å². The van der Waals surface area contributed by atoms with E-state index in [0.717, 1.165) is 29.6 Å². The molecule has 0 saturated carbocycles. The number of rotatable bonds is 4. The maximum absolute atomic E-state index is 12.0. The first-order valence-corrected chi connectivity index (χ1v) is 7.58. The van der Waals surface area contributed by atoms with Crippen LogP contribution in [0, 0.1) is 0 Å².